The van der Waals surface area contributed by atoms with Crippen LogP contribution in [0.3, 0.4) is 0 Å². The van der Waals surface area contributed by atoms with E-state index >= 15 is 0 Å². The summed E-state index contributed by atoms with van der Waals surface area (Å²) in [5.41, 5.74) is 0. The number of rotatable bonds is 24. The quantitative estimate of drug-likeness (QED) is 0.0158. The number of esters is 8. The van der Waals surface area contributed by atoms with Gasteiger partial charge in [0, 0.05) is 90.8 Å². The van der Waals surface area contributed by atoms with Gasteiger partial charge in [-0.1, -0.05) is 20.4 Å². The van der Waals surface area contributed by atoms with E-state index in [1.165, 1.54) is 13.8 Å². The van der Waals surface area contributed by atoms with Crippen molar-refractivity contribution in [2.45, 2.75) is 162 Å². The Morgan fingerprint density at radius 1 is 0.241 bits per heavy atom. The minimum Gasteiger partial charge on any atom is -0.509 e. The molecule has 12 fully saturated rings. The van der Waals surface area contributed by atoms with Crippen LogP contribution in [0.2, 0.25) is 0 Å². The van der Waals surface area contributed by atoms with Gasteiger partial charge in [0.15, 0.2) is 60.4 Å². The first-order valence-electron chi connectivity index (χ1n) is 35.4. The molecular formula is C73H86O43. The van der Waals surface area contributed by atoms with E-state index in [1.807, 2.05) is 13.8 Å². The molecule has 24 atom stereocenters. The number of hydrogen-bond acceptors (Lipinski definition) is 38. The third-order valence-corrected chi connectivity index (χ3v) is 17.7. The molecule has 0 saturated carbocycles. The Morgan fingerprint density at radius 3 is 0.612 bits per heavy atom. The molecule has 0 aliphatic carbocycles. The third-order valence-electron chi connectivity index (χ3n) is 17.7. The van der Waals surface area contributed by atoms with E-state index in [0.717, 1.165) is 79.0 Å². The molecule has 636 valence electrons. The Kier molecular flexibility index (Phi) is 35.9. The van der Waals surface area contributed by atoms with Crippen LogP contribution in [-0.4, -0.2) is 344 Å². The highest BCUT2D eigenvalue weighted by Crippen LogP contribution is 2.36. The number of aliphatic hydroxyl groups excluding tert-OH is 3. The number of aliphatic carboxylic acids is 5. The smallest absolute Gasteiger partial charge is 0.331 e. The predicted octanol–water partition coefficient (Wildman–Crippen LogP) is -2.89. The number of aliphatic hydroxyl groups is 3. The minimum absolute atomic E-state index is 0.0312. The maximum absolute atomic E-state index is 11.6. The summed E-state index contributed by atoms with van der Waals surface area (Å²) in [7, 11) is 0. The van der Waals surface area contributed by atoms with Gasteiger partial charge in [0.25, 0.3) is 0 Å². The number of hydrogen-bond donors (Lipinski definition) is 8. The van der Waals surface area contributed by atoms with Crippen molar-refractivity contribution in [1.82, 2.24) is 0 Å². The van der Waals surface area contributed by atoms with Crippen molar-refractivity contribution in [2.24, 2.45) is 11.8 Å². The molecule has 12 saturated heterocycles. The summed E-state index contributed by atoms with van der Waals surface area (Å²) in [5.74, 6) is -12.2. The van der Waals surface area contributed by atoms with Gasteiger partial charge in [-0.05, 0) is 32.1 Å². The highest BCUT2D eigenvalue weighted by Gasteiger charge is 2.55. The predicted molar refractivity (Wildman–Crippen MR) is 371 cm³/mol. The van der Waals surface area contributed by atoms with Crippen LogP contribution in [0, 0.1) is 11.8 Å². The number of carboxylic acids is 5. The minimum atomic E-state index is -1.27. The number of carbonyl (C=O) groups excluding carboxylic acids is 10. The van der Waals surface area contributed by atoms with Crippen molar-refractivity contribution in [3.63, 3.8) is 0 Å². The molecule has 12 heterocycles. The SMILES string of the molecule is C=C(O)/C=C\C(=O)O[C@@H]1CO[C@H]2[C@@H]1OC[C@H]2OC(=O)/C=C\C(=O)O.CC(=O)/C=C/C(=O)O[C@@H]1CO[C@H]2[C@@H]1OC[C@H]2O.CC(=O)/C=C/C(=O)O[C@@H]1CO[C@H]2[C@@H]1OC[C@H]2OC(=O)/C=C/C(=O)O.C[C@@H]1CO[C@H]2[C@@H]1OC[C@H]2OC(=O)/C=C/C(=O)O.C[C@@H]1CO[C@H]2[C@@H]1OC[C@H]2OC(=O)/C=C\C(=O)O.O=C(O)/C=C\C(=O)O[C@@H]1CO[C@H]2[C@@H]1OC[C@H]2O. The number of ketones is 2. The van der Waals surface area contributed by atoms with Crippen LogP contribution >= 0.6 is 0 Å². The van der Waals surface area contributed by atoms with Gasteiger partial charge in [-0.15, -0.1) is 0 Å². The van der Waals surface area contributed by atoms with Crippen molar-refractivity contribution >= 4 is 89.2 Å². The van der Waals surface area contributed by atoms with Gasteiger partial charge in [0.2, 0.25) is 0 Å². The van der Waals surface area contributed by atoms with Gasteiger partial charge in [0.05, 0.1) is 91.5 Å². The molecule has 43 heteroatoms. The molecule has 12 aliphatic rings. The molecule has 0 aromatic carbocycles. The summed E-state index contributed by atoms with van der Waals surface area (Å²) >= 11 is 0. The molecule has 0 aromatic heterocycles. The highest BCUT2D eigenvalue weighted by atomic mass is 16.7. The molecular weight excluding hydrogens is 1560 g/mol. The lowest BCUT2D eigenvalue weighted by Gasteiger charge is -2.16. The van der Waals surface area contributed by atoms with Crippen molar-refractivity contribution in [1.29, 1.82) is 0 Å². The average Bonchev–Trinajstić information content (AvgIpc) is 1.71. The first-order chi connectivity index (χ1) is 55.0. The Labute approximate surface area is 657 Å². The van der Waals surface area contributed by atoms with Gasteiger partial charge < -0.3 is 136 Å². The first-order valence-corrected chi connectivity index (χ1v) is 35.4. The lowest BCUT2D eigenvalue weighted by atomic mass is 10.0. The maximum atomic E-state index is 11.6. The number of carbonyl (C=O) groups is 15. The average molecular weight is 1650 g/mol. The second-order valence-electron chi connectivity index (χ2n) is 26.5. The zero-order chi connectivity index (χ0) is 85.0. The van der Waals surface area contributed by atoms with Gasteiger partial charge in [0.1, 0.15) is 79.0 Å². The van der Waals surface area contributed by atoms with Crippen molar-refractivity contribution < 1.29 is 208 Å². The highest BCUT2D eigenvalue weighted by molar-refractivity contribution is 5.96. The molecule has 12 aliphatic heterocycles. The monoisotopic (exact) mass is 1650 g/mol. The molecule has 0 aromatic rings. The van der Waals surface area contributed by atoms with Crippen LogP contribution in [0.1, 0.15) is 27.7 Å². The topological polar surface area (TPSA) is 602 Å². The molecule has 0 radical (unpaired) electrons. The van der Waals surface area contributed by atoms with Gasteiger partial charge in [-0.2, -0.15) is 0 Å². The van der Waals surface area contributed by atoms with Crippen LogP contribution in [0.15, 0.2) is 110 Å². The molecule has 12 rings (SSSR count). The van der Waals surface area contributed by atoms with Crippen LogP contribution in [0.5, 0.6) is 0 Å². The summed E-state index contributed by atoms with van der Waals surface area (Å²) < 4.78 is 105. The zero-order valence-corrected chi connectivity index (χ0v) is 62.2. The Morgan fingerprint density at radius 2 is 0.405 bits per heavy atom. The van der Waals surface area contributed by atoms with Gasteiger partial charge in [-0.3, -0.25) is 9.59 Å². The summed E-state index contributed by atoms with van der Waals surface area (Å²) in [5, 5.41) is 69.8. The second kappa shape index (κ2) is 45.0. The van der Waals surface area contributed by atoms with Crippen molar-refractivity contribution in [3.8, 4) is 0 Å². The molecule has 43 nitrogen and oxygen atoms in total. The number of allylic oxidation sites excluding steroid dienone is 3. The van der Waals surface area contributed by atoms with Crippen molar-refractivity contribution in [3.05, 3.63) is 110 Å². The lowest BCUT2D eigenvalue weighted by Crippen LogP contribution is -2.35. The Hall–Kier alpha value is -10.7. The molecule has 8 N–H and O–H groups in total. The summed E-state index contributed by atoms with van der Waals surface area (Å²) in [6, 6.07) is 0. The normalized spacial score (nSPS) is 33.1. The fraction of sp³-hybridized carbons (Fsp3) is 0.548. The summed E-state index contributed by atoms with van der Waals surface area (Å²) in [4.78, 5) is 164. The summed E-state index contributed by atoms with van der Waals surface area (Å²) in [6.45, 7) is 12.5. The van der Waals surface area contributed by atoms with Crippen LogP contribution in [0.25, 0.3) is 0 Å². The lowest BCUT2D eigenvalue weighted by molar-refractivity contribution is -0.150. The number of ether oxygens (including phenoxy) is 20. The molecule has 0 bridgehead atoms. The first kappa shape index (κ1) is 92.5. The number of carboxylic acid groups (broad SMARTS) is 5. The second-order valence-corrected chi connectivity index (χ2v) is 26.5. The van der Waals surface area contributed by atoms with E-state index in [4.69, 9.17) is 125 Å². The molecule has 0 amide bonds. The zero-order valence-electron chi connectivity index (χ0n) is 62.2. The molecule has 0 unspecified atom stereocenters. The maximum Gasteiger partial charge on any atom is 0.331 e. The third kappa shape index (κ3) is 29.0. The van der Waals surface area contributed by atoms with E-state index < -0.39 is 187 Å². The van der Waals surface area contributed by atoms with E-state index in [-0.39, 0.29) is 94.6 Å². The standard InChI is InChI=1S/2C15H16O9.3C11H14O6.C10H12O7/c2*1-8(16)2-4-12(19)23-9-6-21-15-10(7-22-14(9)15)24-13(20)5-3-11(17)18;2*1-6-4-15-11-7(5-16-10(6)11)17-9(14)3-2-8(12)13;1-6(12)2-3-9(14)17-8-5-16-10-7(13)4-15-11(8)10;11-5-3-15-10-6(4-16-9(5)10)17-8(14)2-1-7(12)13/h2-5,9-10,14-15H,6-7H2,1H3,(H,17,18);2-5,9-10,14-16H,1,6-7H2,(H,17,18);2*2-3,6-7,10-11H,4-5H2,1H3,(H,12,13);2-3,7-8,10-11,13H,4-5H2,1H3;1-2,5-6,9-11H,3-4H2,(H,12,13)/b4-2+,5-3+;4-2-,5-3-;3-2+;3-2-;3-2+;2-1-/t2*9-,10-,14-,15-;2*6-,7-,10-,11-;7-,8-,10-,11-;5-,6-,9-,10-/m111111/s1. The Bertz CT molecular complexity index is 3330. The molecule has 0 spiro atoms. The van der Waals surface area contributed by atoms with Crippen molar-refractivity contribution in [2.75, 3.05) is 79.3 Å². The largest absolute Gasteiger partial charge is 0.509 e. The van der Waals surface area contributed by atoms with E-state index in [2.05, 4.69) is 6.58 Å². The number of fused-ring (bicyclic) bond motifs is 6. The molecule has 116 heavy (non-hydrogen) atoms. The van der Waals surface area contributed by atoms with E-state index in [9.17, 15) is 82.1 Å². The Balaban J connectivity index is 0.000000194. The van der Waals surface area contributed by atoms with Crippen LogP contribution < -0.4 is 0 Å². The van der Waals surface area contributed by atoms with Gasteiger partial charge in [-0.25, -0.2) is 62.3 Å². The van der Waals surface area contributed by atoms with Gasteiger partial charge >= 0.3 is 77.6 Å². The van der Waals surface area contributed by atoms with Crippen LogP contribution in [-0.2, 0) is 167 Å². The van der Waals surface area contributed by atoms with Crippen LogP contribution in [0.4, 0.5) is 0 Å². The fourth-order valence-corrected chi connectivity index (χ4v) is 12.6. The van der Waals surface area contributed by atoms with E-state index in [0.29, 0.717) is 56.5 Å². The fourth-order valence-electron chi connectivity index (χ4n) is 12.6. The summed E-state index contributed by atoms with van der Waals surface area (Å²) in [6.07, 6.45) is 3.12. The van der Waals surface area contributed by atoms with E-state index in [1.54, 1.807) is 0 Å².